The quantitative estimate of drug-likeness (QED) is 0.616. The molecule has 0 radical (unpaired) electrons. The van der Waals surface area contributed by atoms with Crippen LogP contribution >= 0.6 is 23.1 Å². The molecular weight excluding hydrogens is 242 g/mol. The van der Waals surface area contributed by atoms with E-state index in [2.05, 4.69) is 4.98 Å². The first-order valence-corrected chi connectivity index (χ1v) is 6.72. The lowest BCUT2D eigenvalue weighted by Gasteiger charge is -2.27. The predicted molar refractivity (Wildman–Crippen MR) is 67.9 cm³/mol. The summed E-state index contributed by atoms with van der Waals surface area (Å²) in [7, 11) is 0. The van der Waals surface area contributed by atoms with Crippen molar-refractivity contribution >= 4 is 29.1 Å². The van der Waals surface area contributed by atoms with Gasteiger partial charge in [0.25, 0.3) is 0 Å². The second-order valence-corrected chi connectivity index (χ2v) is 7.68. The molecule has 0 aromatic carbocycles. The molecule has 0 aliphatic heterocycles. The van der Waals surface area contributed by atoms with Crippen LogP contribution < -0.4 is 0 Å². The Morgan fingerprint density at radius 2 is 2.00 bits per heavy atom. The first-order chi connectivity index (χ1) is 7.21. The maximum atomic E-state index is 11.9. The molecule has 0 saturated heterocycles. The summed E-state index contributed by atoms with van der Waals surface area (Å²) in [6.45, 7) is 9.32. The molecule has 5 heteroatoms. The molecule has 1 aromatic heterocycles. The molecule has 1 rings (SSSR count). The summed E-state index contributed by atoms with van der Waals surface area (Å²) < 4.78 is 5.65. The average Bonchev–Trinajstić information content (AvgIpc) is 2.52. The molecule has 0 fully saturated rings. The van der Waals surface area contributed by atoms with Gasteiger partial charge in [0, 0.05) is 11.6 Å². The molecule has 0 N–H and O–H groups in total. The van der Waals surface area contributed by atoms with Crippen LogP contribution in [0.1, 0.15) is 34.6 Å². The molecule has 90 valence electrons. The van der Waals surface area contributed by atoms with E-state index in [-0.39, 0.29) is 5.97 Å². The summed E-state index contributed by atoms with van der Waals surface area (Å²) >= 11 is 2.96. The van der Waals surface area contributed by atoms with E-state index >= 15 is 0 Å². The molecule has 0 unspecified atom stereocenters. The fraction of sp³-hybridized carbons (Fsp3) is 0.636. The predicted octanol–water partition coefficient (Wildman–Crippen LogP) is 3.36. The summed E-state index contributed by atoms with van der Waals surface area (Å²) in [5.41, 5.74) is -0.447. The third kappa shape index (κ3) is 4.14. The Morgan fingerprint density at radius 1 is 1.38 bits per heavy atom. The molecule has 0 amide bonds. The number of thioether (sulfide) groups is 1. The average molecular weight is 259 g/mol. The smallest absolute Gasteiger partial charge is 0.322 e. The summed E-state index contributed by atoms with van der Waals surface area (Å²) in [6, 6.07) is 0. The number of carbonyl (C=O) groups excluding carboxylic acids is 1. The van der Waals surface area contributed by atoms with Crippen molar-refractivity contribution < 1.29 is 9.53 Å². The highest BCUT2D eigenvalue weighted by atomic mass is 32.2. The standard InChI is InChI=1S/C11H17NO2S2/c1-10(2,3)14-8(13)11(4,5)16-9-12-6-7-15-9/h6-7H,1-5H3. The highest BCUT2D eigenvalue weighted by Crippen LogP contribution is 2.35. The SMILES string of the molecule is CC(C)(C)OC(=O)C(C)(C)Sc1nccs1. The lowest BCUT2D eigenvalue weighted by atomic mass is 10.1. The summed E-state index contributed by atoms with van der Waals surface area (Å²) in [5, 5.41) is 1.90. The molecule has 0 aliphatic rings. The van der Waals surface area contributed by atoms with Crippen LogP contribution in [0.25, 0.3) is 0 Å². The molecule has 0 aliphatic carbocycles. The minimum atomic E-state index is -0.606. The van der Waals surface area contributed by atoms with Crippen LogP contribution in [0.5, 0.6) is 0 Å². The molecular formula is C11H17NO2S2. The lowest BCUT2D eigenvalue weighted by molar-refractivity contribution is -0.156. The van der Waals surface area contributed by atoms with Gasteiger partial charge in [0.15, 0.2) is 4.34 Å². The van der Waals surface area contributed by atoms with Crippen LogP contribution in [0, 0.1) is 0 Å². The second-order valence-electron chi connectivity index (χ2n) is 4.91. The van der Waals surface area contributed by atoms with Gasteiger partial charge in [-0.15, -0.1) is 11.3 Å². The number of hydrogen-bond donors (Lipinski definition) is 0. The molecule has 16 heavy (non-hydrogen) atoms. The zero-order chi connectivity index (χ0) is 12.4. The maximum Gasteiger partial charge on any atom is 0.322 e. The zero-order valence-electron chi connectivity index (χ0n) is 10.2. The van der Waals surface area contributed by atoms with Crippen LogP contribution in [-0.2, 0) is 9.53 Å². The van der Waals surface area contributed by atoms with Gasteiger partial charge in [0.2, 0.25) is 0 Å². The number of hydrogen-bond acceptors (Lipinski definition) is 5. The van der Waals surface area contributed by atoms with Crippen molar-refractivity contribution in [2.75, 3.05) is 0 Å². The molecule has 1 aromatic rings. The molecule has 1 heterocycles. The number of thiazole rings is 1. The summed E-state index contributed by atoms with van der Waals surface area (Å²) in [5.74, 6) is -0.208. The van der Waals surface area contributed by atoms with Crippen molar-refractivity contribution in [2.45, 2.75) is 49.3 Å². The fourth-order valence-corrected chi connectivity index (χ4v) is 2.94. The van der Waals surface area contributed by atoms with Crippen LogP contribution in [-0.4, -0.2) is 21.3 Å². The third-order valence-corrected chi connectivity index (χ3v) is 3.70. The van der Waals surface area contributed by atoms with E-state index < -0.39 is 10.3 Å². The first kappa shape index (κ1) is 13.5. The van der Waals surface area contributed by atoms with Crippen molar-refractivity contribution in [3.63, 3.8) is 0 Å². The fourth-order valence-electron chi connectivity index (χ4n) is 0.922. The largest absolute Gasteiger partial charge is 0.459 e. The molecule has 0 saturated carbocycles. The highest BCUT2D eigenvalue weighted by Gasteiger charge is 2.34. The molecule has 3 nitrogen and oxygen atoms in total. The van der Waals surface area contributed by atoms with E-state index in [1.807, 2.05) is 40.0 Å². The lowest BCUT2D eigenvalue weighted by Crippen LogP contribution is -2.36. The van der Waals surface area contributed by atoms with E-state index in [0.717, 1.165) is 4.34 Å². The third-order valence-electron chi connectivity index (χ3n) is 1.64. The van der Waals surface area contributed by atoms with E-state index in [1.54, 1.807) is 6.20 Å². The van der Waals surface area contributed by atoms with Gasteiger partial charge in [-0.25, -0.2) is 4.98 Å². The topological polar surface area (TPSA) is 39.2 Å². The Morgan fingerprint density at radius 3 is 2.44 bits per heavy atom. The van der Waals surface area contributed by atoms with Gasteiger partial charge < -0.3 is 4.74 Å². The van der Waals surface area contributed by atoms with E-state index in [1.165, 1.54) is 23.1 Å². The Balaban J connectivity index is 2.66. The van der Waals surface area contributed by atoms with Gasteiger partial charge in [-0.1, -0.05) is 11.8 Å². The van der Waals surface area contributed by atoms with Gasteiger partial charge in [-0.2, -0.15) is 0 Å². The van der Waals surface area contributed by atoms with Crippen LogP contribution in [0.3, 0.4) is 0 Å². The maximum absolute atomic E-state index is 11.9. The second kappa shape index (κ2) is 4.75. The number of esters is 1. The van der Waals surface area contributed by atoms with Crippen LogP contribution in [0.4, 0.5) is 0 Å². The Labute approximate surface area is 105 Å². The van der Waals surface area contributed by atoms with Gasteiger partial charge in [0.05, 0.1) is 0 Å². The van der Waals surface area contributed by atoms with Crippen molar-refractivity contribution in [3.8, 4) is 0 Å². The Hall–Kier alpha value is -0.550. The number of aromatic nitrogens is 1. The van der Waals surface area contributed by atoms with Gasteiger partial charge >= 0.3 is 5.97 Å². The van der Waals surface area contributed by atoms with Gasteiger partial charge in [0.1, 0.15) is 10.3 Å². The normalized spacial score (nSPS) is 12.6. The first-order valence-electron chi connectivity index (χ1n) is 5.03. The zero-order valence-corrected chi connectivity index (χ0v) is 11.9. The minimum Gasteiger partial charge on any atom is -0.459 e. The van der Waals surface area contributed by atoms with Crippen molar-refractivity contribution in [2.24, 2.45) is 0 Å². The number of carbonyl (C=O) groups is 1. The Kier molecular flexibility index (Phi) is 4.02. The molecule has 0 bridgehead atoms. The van der Waals surface area contributed by atoms with Crippen molar-refractivity contribution in [3.05, 3.63) is 11.6 Å². The van der Waals surface area contributed by atoms with E-state index in [4.69, 9.17) is 4.74 Å². The van der Waals surface area contributed by atoms with Gasteiger partial charge in [-0.3, -0.25) is 4.79 Å². The number of rotatable bonds is 3. The molecule has 0 spiro atoms. The number of ether oxygens (including phenoxy) is 1. The number of nitrogens with zero attached hydrogens (tertiary/aromatic N) is 1. The minimum absolute atomic E-state index is 0.208. The summed E-state index contributed by atoms with van der Waals surface area (Å²) in [6.07, 6.45) is 1.73. The molecule has 0 atom stereocenters. The monoisotopic (exact) mass is 259 g/mol. The van der Waals surface area contributed by atoms with Crippen LogP contribution in [0.15, 0.2) is 15.9 Å². The van der Waals surface area contributed by atoms with Crippen LogP contribution in [0.2, 0.25) is 0 Å². The summed E-state index contributed by atoms with van der Waals surface area (Å²) in [4.78, 5) is 16.1. The van der Waals surface area contributed by atoms with E-state index in [0.29, 0.717) is 0 Å². The van der Waals surface area contributed by atoms with E-state index in [9.17, 15) is 4.79 Å². The Bertz CT molecular complexity index is 353. The van der Waals surface area contributed by atoms with Gasteiger partial charge in [-0.05, 0) is 34.6 Å². The van der Waals surface area contributed by atoms with Crippen molar-refractivity contribution in [1.82, 2.24) is 4.98 Å². The van der Waals surface area contributed by atoms with Crippen molar-refractivity contribution in [1.29, 1.82) is 0 Å². The highest BCUT2D eigenvalue weighted by molar-refractivity contribution is 8.02.